The fraction of sp³-hybridized carbons (Fsp3) is 0.375. The third-order valence-electron chi connectivity index (χ3n) is 2.57. The normalized spacial score (nSPS) is 11.2. The molecule has 0 saturated carbocycles. The van der Waals surface area contributed by atoms with Crippen molar-refractivity contribution < 1.29 is 9.47 Å². The Bertz CT molecular complexity index is 481. The van der Waals surface area contributed by atoms with E-state index in [1.807, 2.05) is 52.0 Å². The van der Waals surface area contributed by atoms with Crippen LogP contribution in [0.3, 0.4) is 0 Å². The van der Waals surface area contributed by atoms with E-state index in [2.05, 4.69) is 12.1 Å². The fourth-order valence-corrected chi connectivity index (χ4v) is 1.96. The summed E-state index contributed by atoms with van der Waals surface area (Å²) < 4.78 is 11.7. The number of benzene rings is 2. The minimum absolute atomic E-state index is 0.172. The Morgan fingerprint density at radius 2 is 1.06 bits per heavy atom. The maximum absolute atomic E-state index is 5.83. The molecule has 0 saturated heterocycles. The lowest BCUT2D eigenvalue weighted by molar-refractivity contribution is 0.239. The molecule has 0 spiro atoms. The first-order valence-corrected chi connectivity index (χ1v) is 6.43. The van der Waals surface area contributed by atoms with Crippen LogP contribution in [0.2, 0.25) is 0 Å². The zero-order chi connectivity index (χ0) is 13.1. The van der Waals surface area contributed by atoms with E-state index < -0.39 is 0 Å². The van der Waals surface area contributed by atoms with Crippen molar-refractivity contribution >= 4 is 10.8 Å². The van der Waals surface area contributed by atoms with Crippen LogP contribution in [0.4, 0.5) is 0 Å². The summed E-state index contributed by atoms with van der Waals surface area (Å²) in [4.78, 5) is 0. The van der Waals surface area contributed by atoms with Gasteiger partial charge >= 0.3 is 0 Å². The maximum Gasteiger partial charge on any atom is 0.127 e. The van der Waals surface area contributed by atoms with Crippen molar-refractivity contribution in [2.45, 2.75) is 39.9 Å². The minimum atomic E-state index is 0.172. The van der Waals surface area contributed by atoms with Crippen LogP contribution >= 0.6 is 0 Å². The van der Waals surface area contributed by atoms with Crippen LogP contribution in [0.15, 0.2) is 36.4 Å². The molecule has 0 atom stereocenters. The summed E-state index contributed by atoms with van der Waals surface area (Å²) in [7, 11) is 0. The van der Waals surface area contributed by atoms with E-state index in [4.69, 9.17) is 9.47 Å². The van der Waals surface area contributed by atoms with Crippen LogP contribution in [0.1, 0.15) is 27.7 Å². The van der Waals surface area contributed by atoms with Gasteiger partial charge in [-0.15, -0.1) is 0 Å². The predicted octanol–water partition coefficient (Wildman–Crippen LogP) is 4.41. The van der Waals surface area contributed by atoms with Gasteiger partial charge in [-0.25, -0.2) is 0 Å². The van der Waals surface area contributed by atoms with Gasteiger partial charge in [0.15, 0.2) is 0 Å². The Balaban J connectivity index is 2.51. The lowest BCUT2D eigenvalue weighted by Gasteiger charge is -2.16. The zero-order valence-electron chi connectivity index (χ0n) is 11.4. The molecule has 2 aromatic rings. The largest absolute Gasteiger partial charge is 0.490 e. The van der Waals surface area contributed by atoms with Crippen LogP contribution in [-0.2, 0) is 0 Å². The van der Waals surface area contributed by atoms with Crippen LogP contribution in [0.5, 0.6) is 11.5 Å². The molecule has 2 heteroatoms. The molecule has 2 aromatic carbocycles. The second-order valence-corrected chi connectivity index (χ2v) is 4.94. The summed E-state index contributed by atoms with van der Waals surface area (Å²) in [5, 5.41) is 2.20. The molecular formula is C16H20O2. The molecule has 0 unspecified atom stereocenters. The molecule has 0 bridgehead atoms. The van der Waals surface area contributed by atoms with E-state index in [1.54, 1.807) is 0 Å². The summed E-state index contributed by atoms with van der Waals surface area (Å²) in [6.45, 7) is 8.14. The van der Waals surface area contributed by atoms with Crippen molar-refractivity contribution in [2.75, 3.05) is 0 Å². The molecule has 0 radical (unpaired) electrons. The summed E-state index contributed by atoms with van der Waals surface area (Å²) in [5.74, 6) is 1.83. The highest BCUT2D eigenvalue weighted by atomic mass is 16.5. The van der Waals surface area contributed by atoms with Gasteiger partial charge in [-0.2, -0.15) is 0 Å². The van der Waals surface area contributed by atoms with Crippen LogP contribution in [0.25, 0.3) is 10.8 Å². The highest BCUT2D eigenvalue weighted by molar-refractivity contribution is 5.93. The fourth-order valence-electron chi connectivity index (χ4n) is 1.96. The SMILES string of the molecule is CC(C)Oc1ccc(OC(C)C)c2ccccc12. The Kier molecular flexibility index (Phi) is 3.75. The topological polar surface area (TPSA) is 18.5 Å². The number of hydrogen-bond donors (Lipinski definition) is 0. The van der Waals surface area contributed by atoms with Crippen molar-refractivity contribution in [3.05, 3.63) is 36.4 Å². The first-order valence-electron chi connectivity index (χ1n) is 6.43. The summed E-state index contributed by atoms with van der Waals surface area (Å²) >= 11 is 0. The lowest BCUT2D eigenvalue weighted by atomic mass is 10.1. The summed E-state index contributed by atoms with van der Waals surface area (Å²) in [6.07, 6.45) is 0.343. The van der Waals surface area contributed by atoms with Gasteiger partial charge in [0.2, 0.25) is 0 Å². The third-order valence-corrected chi connectivity index (χ3v) is 2.57. The van der Waals surface area contributed by atoms with Gasteiger partial charge < -0.3 is 9.47 Å². The second kappa shape index (κ2) is 5.30. The molecule has 0 aliphatic rings. The van der Waals surface area contributed by atoms with Gasteiger partial charge in [0.05, 0.1) is 12.2 Å². The second-order valence-electron chi connectivity index (χ2n) is 4.94. The quantitative estimate of drug-likeness (QED) is 0.793. The van der Waals surface area contributed by atoms with Crippen molar-refractivity contribution in [2.24, 2.45) is 0 Å². The van der Waals surface area contributed by atoms with E-state index in [-0.39, 0.29) is 12.2 Å². The minimum Gasteiger partial charge on any atom is -0.490 e. The van der Waals surface area contributed by atoms with Gasteiger partial charge in [-0.1, -0.05) is 24.3 Å². The first-order chi connectivity index (χ1) is 8.58. The highest BCUT2D eigenvalue weighted by Crippen LogP contribution is 2.34. The van der Waals surface area contributed by atoms with E-state index in [1.165, 1.54) is 0 Å². The number of ether oxygens (including phenoxy) is 2. The number of fused-ring (bicyclic) bond motifs is 1. The molecule has 0 aliphatic heterocycles. The standard InChI is InChI=1S/C16H20O2/c1-11(2)17-15-9-10-16(18-12(3)4)14-8-6-5-7-13(14)15/h5-12H,1-4H3. The molecule has 0 fully saturated rings. The van der Waals surface area contributed by atoms with E-state index in [9.17, 15) is 0 Å². The van der Waals surface area contributed by atoms with Crippen molar-refractivity contribution in [3.8, 4) is 11.5 Å². The van der Waals surface area contributed by atoms with Gasteiger partial charge in [0, 0.05) is 10.8 Å². The smallest absolute Gasteiger partial charge is 0.127 e. The maximum atomic E-state index is 5.83. The van der Waals surface area contributed by atoms with Gasteiger partial charge in [-0.05, 0) is 39.8 Å². The lowest BCUT2D eigenvalue weighted by Crippen LogP contribution is -2.08. The van der Waals surface area contributed by atoms with Crippen molar-refractivity contribution in [1.29, 1.82) is 0 Å². The summed E-state index contributed by atoms with van der Waals surface area (Å²) in [5.41, 5.74) is 0. The predicted molar refractivity (Wildman–Crippen MR) is 75.5 cm³/mol. The van der Waals surface area contributed by atoms with Gasteiger partial charge in [-0.3, -0.25) is 0 Å². The molecule has 0 aliphatic carbocycles. The molecule has 18 heavy (non-hydrogen) atoms. The Morgan fingerprint density at radius 1 is 0.667 bits per heavy atom. The molecule has 0 N–H and O–H groups in total. The Labute approximate surface area is 109 Å². The average Bonchev–Trinajstić information content (AvgIpc) is 2.31. The number of hydrogen-bond acceptors (Lipinski definition) is 2. The van der Waals surface area contributed by atoms with Gasteiger partial charge in [0.1, 0.15) is 11.5 Å². The van der Waals surface area contributed by atoms with E-state index >= 15 is 0 Å². The Morgan fingerprint density at radius 3 is 1.39 bits per heavy atom. The van der Waals surface area contributed by atoms with E-state index in [0.717, 1.165) is 22.3 Å². The number of rotatable bonds is 4. The van der Waals surface area contributed by atoms with Crippen LogP contribution < -0.4 is 9.47 Å². The van der Waals surface area contributed by atoms with Gasteiger partial charge in [0.25, 0.3) is 0 Å². The zero-order valence-corrected chi connectivity index (χ0v) is 11.4. The summed E-state index contributed by atoms with van der Waals surface area (Å²) in [6, 6.07) is 12.2. The average molecular weight is 244 g/mol. The molecule has 0 aromatic heterocycles. The van der Waals surface area contributed by atoms with Crippen molar-refractivity contribution in [1.82, 2.24) is 0 Å². The Hall–Kier alpha value is -1.70. The highest BCUT2D eigenvalue weighted by Gasteiger charge is 2.09. The molecule has 2 nitrogen and oxygen atoms in total. The third kappa shape index (κ3) is 2.76. The molecule has 2 rings (SSSR count). The first kappa shape index (κ1) is 12.7. The molecular weight excluding hydrogens is 224 g/mol. The molecule has 96 valence electrons. The van der Waals surface area contributed by atoms with E-state index in [0.29, 0.717) is 0 Å². The molecule has 0 amide bonds. The molecule has 0 heterocycles. The van der Waals surface area contributed by atoms with Crippen molar-refractivity contribution in [3.63, 3.8) is 0 Å². The van der Waals surface area contributed by atoms with Crippen LogP contribution in [0, 0.1) is 0 Å². The monoisotopic (exact) mass is 244 g/mol. The van der Waals surface area contributed by atoms with Crippen LogP contribution in [-0.4, -0.2) is 12.2 Å².